The maximum absolute atomic E-state index is 11.3. The molecule has 0 saturated carbocycles. The largest absolute Gasteiger partial charge is 0.381 e. The van der Waals surface area contributed by atoms with Gasteiger partial charge in [-0.15, -0.1) is 0 Å². The van der Waals surface area contributed by atoms with Gasteiger partial charge in [-0.05, 0) is 42.3 Å². The molecule has 2 rings (SSSR count). The number of anilines is 1. The van der Waals surface area contributed by atoms with E-state index in [1.54, 1.807) is 12.5 Å². The third-order valence-corrected chi connectivity index (χ3v) is 4.09. The van der Waals surface area contributed by atoms with Crippen LogP contribution in [0.4, 0.5) is 5.69 Å². The average Bonchev–Trinajstić information content (AvgIpc) is 2.40. The van der Waals surface area contributed by atoms with Gasteiger partial charge in [0.1, 0.15) is 0 Å². The van der Waals surface area contributed by atoms with Crippen LogP contribution in [0.25, 0.3) is 0 Å². The van der Waals surface area contributed by atoms with Crippen molar-refractivity contribution >= 4 is 28.1 Å². The molecule has 1 N–H and O–H groups in total. The maximum Gasteiger partial charge on any atom is 0.0498 e. The Morgan fingerprint density at radius 2 is 2.10 bits per heavy atom. The van der Waals surface area contributed by atoms with Crippen LogP contribution < -0.4 is 5.32 Å². The predicted octanol–water partition coefficient (Wildman–Crippen LogP) is 3.53. The molecule has 5 heteroatoms. The van der Waals surface area contributed by atoms with Gasteiger partial charge in [-0.25, -0.2) is 0 Å². The number of hydrogen-bond donors (Lipinski definition) is 1. The van der Waals surface area contributed by atoms with Crippen LogP contribution in [-0.4, -0.2) is 15.4 Å². The molecule has 1 aromatic carbocycles. The summed E-state index contributed by atoms with van der Waals surface area (Å²) in [6, 6.07) is 9.69. The molecule has 3 nitrogen and oxygen atoms in total. The number of pyridine rings is 1. The van der Waals surface area contributed by atoms with Gasteiger partial charge in [-0.1, -0.05) is 17.7 Å². The Bertz CT molecular complexity index is 631. The lowest BCUT2D eigenvalue weighted by molar-refractivity contribution is 0.686. The van der Waals surface area contributed by atoms with Crippen LogP contribution in [0.3, 0.4) is 0 Å². The van der Waals surface area contributed by atoms with Crippen molar-refractivity contribution in [2.24, 2.45) is 0 Å². The quantitative estimate of drug-likeness (QED) is 0.918. The number of nitrogens with one attached hydrogen (secondary N) is 1. The van der Waals surface area contributed by atoms with Gasteiger partial charge >= 0.3 is 0 Å². The Kier molecular flexibility index (Phi) is 5.15. The second kappa shape index (κ2) is 6.86. The molecule has 0 unspecified atom stereocenters. The molecule has 0 aliphatic heterocycles. The minimum absolute atomic E-state index is 0.472. The van der Waals surface area contributed by atoms with E-state index in [9.17, 15) is 4.21 Å². The summed E-state index contributed by atoms with van der Waals surface area (Å²) in [6.45, 7) is 2.69. The van der Waals surface area contributed by atoms with E-state index < -0.39 is 10.8 Å². The van der Waals surface area contributed by atoms with Crippen LogP contribution in [-0.2, 0) is 23.1 Å². The Labute approximate surface area is 126 Å². The van der Waals surface area contributed by atoms with Crippen molar-refractivity contribution in [3.63, 3.8) is 0 Å². The van der Waals surface area contributed by atoms with Crippen molar-refractivity contribution < 1.29 is 4.21 Å². The molecule has 0 radical (unpaired) electrons. The number of rotatable bonds is 5. The van der Waals surface area contributed by atoms with Crippen LogP contribution in [0.2, 0.25) is 5.02 Å². The van der Waals surface area contributed by atoms with Crippen LogP contribution in [0, 0.1) is 6.92 Å². The zero-order chi connectivity index (χ0) is 14.5. The van der Waals surface area contributed by atoms with E-state index in [0.29, 0.717) is 17.3 Å². The van der Waals surface area contributed by atoms with E-state index in [0.717, 1.165) is 22.5 Å². The second-order valence-corrected chi connectivity index (χ2v) is 6.47. The molecular formula is C15H17ClN2OS. The summed E-state index contributed by atoms with van der Waals surface area (Å²) in [5.74, 6) is 0.472. The highest BCUT2D eigenvalue weighted by atomic mass is 35.5. The molecular weight excluding hydrogens is 292 g/mol. The Morgan fingerprint density at radius 1 is 1.30 bits per heavy atom. The summed E-state index contributed by atoms with van der Waals surface area (Å²) in [7, 11) is -0.901. The van der Waals surface area contributed by atoms with Gasteiger partial charge in [-0.2, -0.15) is 0 Å². The molecule has 0 aliphatic rings. The lowest BCUT2D eigenvalue weighted by Crippen LogP contribution is -2.03. The third kappa shape index (κ3) is 4.05. The highest BCUT2D eigenvalue weighted by molar-refractivity contribution is 7.83. The molecule has 1 heterocycles. The van der Waals surface area contributed by atoms with Crippen LogP contribution in [0.5, 0.6) is 0 Å². The molecule has 1 aromatic heterocycles. The average molecular weight is 309 g/mol. The third-order valence-electron chi connectivity index (χ3n) is 3.00. The van der Waals surface area contributed by atoms with Gasteiger partial charge in [0.25, 0.3) is 0 Å². The van der Waals surface area contributed by atoms with E-state index in [-0.39, 0.29) is 0 Å². The minimum atomic E-state index is -0.901. The van der Waals surface area contributed by atoms with Crippen LogP contribution >= 0.6 is 11.6 Å². The van der Waals surface area contributed by atoms with Crippen molar-refractivity contribution in [3.05, 3.63) is 58.4 Å². The molecule has 0 spiro atoms. The fourth-order valence-electron chi connectivity index (χ4n) is 1.92. The molecule has 106 valence electrons. The van der Waals surface area contributed by atoms with E-state index in [4.69, 9.17) is 11.6 Å². The fraction of sp³-hybridized carbons (Fsp3) is 0.267. The first-order valence-electron chi connectivity index (χ1n) is 6.29. The molecule has 0 bridgehead atoms. The molecule has 0 fully saturated rings. The molecule has 1 atom stereocenters. The van der Waals surface area contributed by atoms with Gasteiger partial charge in [0.05, 0.1) is 0 Å². The molecule has 20 heavy (non-hydrogen) atoms. The maximum atomic E-state index is 11.3. The first-order valence-corrected chi connectivity index (χ1v) is 8.39. The lowest BCUT2D eigenvalue weighted by Gasteiger charge is -2.10. The van der Waals surface area contributed by atoms with Gasteiger partial charge in [-0.3, -0.25) is 9.19 Å². The zero-order valence-electron chi connectivity index (χ0n) is 11.5. The minimum Gasteiger partial charge on any atom is -0.381 e. The van der Waals surface area contributed by atoms with Crippen molar-refractivity contribution in [1.29, 1.82) is 0 Å². The second-order valence-electron chi connectivity index (χ2n) is 4.63. The molecule has 0 aliphatic carbocycles. The summed E-state index contributed by atoms with van der Waals surface area (Å²) in [5, 5.41) is 4.00. The summed E-state index contributed by atoms with van der Waals surface area (Å²) in [6.07, 6.45) is 3.46. The monoisotopic (exact) mass is 308 g/mol. The van der Waals surface area contributed by atoms with Crippen molar-refractivity contribution in [1.82, 2.24) is 4.98 Å². The summed E-state index contributed by atoms with van der Waals surface area (Å²) < 4.78 is 11.3. The fourth-order valence-corrected chi connectivity index (χ4v) is 2.86. The first-order chi connectivity index (χ1) is 9.56. The van der Waals surface area contributed by atoms with E-state index in [1.807, 2.05) is 37.3 Å². The SMILES string of the molecule is Cc1ncccc1CNc1ccc(Cl)c(C[S@@](C)=O)c1. The highest BCUT2D eigenvalue weighted by Crippen LogP contribution is 2.22. The number of halogens is 1. The van der Waals surface area contributed by atoms with Gasteiger partial charge < -0.3 is 5.32 Å². The van der Waals surface area contributed by atoms with Gasteiger partial charge in [0.15, 0.2) is 0 Å². The Hall–Kier alpha value is -1.39. The Morgan fingerprint density at radius 3 is 2.80 bits per heavy atom. The molecule has 2 aromatic rings. The predicted molar refractivity (Wildman–Crippen MR) is 85.5 cm³/mol. The normalized spacial score (nSPS) is 12.2. The van der Waals surface area contributed by atoms with Crippen molar-refractivity contribution in [2.75, 3.05) is 11.6 Å². The van der Waals surface area contributed by atoms with E-state index >= 15 is 0 Å². The zero-order valence-corrected chi connectivity index (χ0v) is 13.1. The Balaban J connectivity index is 2.10. The smallest absolute Gasteiger partial charge is 0.0498 e. The number of nitrogens with zero attached hydrogens (tertiary/aromatic N) is 1. The summed E-state index contributed by atoms with van der Waals surface area (Å²) in [5.41, 5.74) is 4.05. The number of aromatic nitrogens is 1. The summed E-state index contributed by atoms with van der Waals surface area (Å²) in [4.78, 5) is 4.26. The van der Waals surface area contributed by atoms with Crippen molar-refractivity contribution in [3.8, 4) is 0 Å². The van der Waals surface area contributed by atoms with Gasteiger partial charge in [0.2, 0.25) is 0 Å². The van der Waals surface area contributed by atoms with Gasteiger partial charge in [0, 0.05) is 52.0 Å². The van der Waals surface area contributed by atoms with E-state index in [2.05, 4.69) is 10.3 Å². The number of hydrogen-bond acceptors (Lipinski definition) is 3. The summed E-state index contributed by atoms with van der Waals surface area (Å²) >= 11 is 6.11. The first kappa shape index (κ1) is 15.0. The molecule has 0 amide bonds. The lowest BCUT2D eigenvalue weighted by atomic mass is 10.2. The standard InChI is InChI=1S/C15H17ClN2OS/c1-11-12(4-3-7-17-11)9-18-14-5-6-15(16)13(8-14)10-20(2)19/h3-8,18H,9-10H2,1-2H3/t20-/m1/s1. The topological polar surface area (TPSA) is 42.0 Å². The van der Waals surface area contributed by atoms with Crippen LogP contribution in [0.15, 0.2) is 36.5 Å². The number of benzene rings is 1. The number of aryl methyl sites for hydroxylation is 1. The van der Waals surface area contributed by atoms with E-state index in [1.165, 1.54) is 0 Å². The van der Waals surface area contributed by atoms with Crippen molar-refractivity contribution in [2.45, 2.75) is 19.2 Å². The molecule has 0 saturated heterocycles. The van der Waals surface area contributed by atoms with Crippen LogP contribution in [0.1, 0.15) is 16.8 Å². The highest BCUT2D eigenvalue weighted by Gasteiger charge is 2.05.